The smallest absolute Gasteiger partial charge is 0.252 e. The van der Waals surface area contributed by atoms with Crippen molar-refractivity contribution in [1.82, 2.24) is 25.1 Å². The number of hydrogen-bond donors (Lipinski definition) is 1. The second-order valence-corrected chi connectivity index (χ2v) is 8.52. The Hall–Kier alpha value is -2.97. The van der Waals surface area contributed by atoms with Crippen LogP contribution in [-0.4, -0.2) is 25.7 Å². The molecule has 0 radical (unpaired) electrons. The lowest BCUT2D eigenvalue weighted by Crippen LogP contribution is -2.27. The van der Waals surface area contributed by atoms with Crippen molar-refractivity contribution in [3.63, 3.8) is 0 Å². The highest BCUT2D eigenvalue weighted by Crippen LogP contribution is 2.30. The van der Waals surface area contributed by atoms with Gasteiger partial charge in [0.2, 0.25) is 0 Å². The van der Waals surface area contributed by atoms with Gasteiger partial charge in [-0.1, -0.05) is 36.0 Å². The maximum absolute atomic E-state index is 13.0. The molecule has 2 heterocycles. The molecule has 0 aliphatic heterocycles. The Morgan fingerprint density at radius 3 is 2.60 bits per heavy atom. The first-order chi connectivity index (χ1) is 14.6. The maximum Gasteiger partial charge on any atom is 0.252 e. The molecule has 1 unspecified atom stereocenters. The summed E-state index contributed by atoms with van der Waals surface area (Å²) in [6.45, 7) is 1.97. The standard InChI is InChI=1S/C22H18BrN5OS/c1-15(16-6-9-18(10-7-16)28-14-24-13-26-28)27-22(29)19-4-2-3-5-20(19)30-21-11-8-17(23)12-25-21/h2-15H,1H3,(H,27,29). The van der Waals surface area contributed by atoms with Crippen molar-refractivity contribution in [2.75, 3.05) is 0 Å². The molecule has 1 atom stereocenters. The van der Waals surface area contributed by atoms with Crippen LogP contribution in [0.4, 0.5) is 0 Å². The summed E-state index contributed by atoms with van der Waals surface area (Å²) >= 11 is 4.86. The summed E-state index contributed by atoms with van der Waals surface area (Å²) in [6.07, 6.45) is 4.89. The molecular weight excluding hydrogens is 462 g/mol. The lowest BCUT2D eigenvalue weighted by atomic mass is 10.1. The molecule has 150 valence electrons. The lowest BCUT2D eigenvalue weighted by Gasteiger charge is -2.16. The first kappa shape index (κ1) is 20.3. The summed E-state index contributed by atoms with van der Waals surface area (Å²) in [5.41, 5.74) is 2.55. The molecule has 30 heavy (non-hydrogen) atoms. The van der Waals surface area contributed by atoms with Gasteiger partial charge in [-0.15, -0.1) is 0 Å². The van der Waals surface area contributed by atoms with E-state index in [1.807, 2.05) is 67.6 Å². The number of carbonyl (C=O) groups excluding carboxylic acids is 1. The van der Waals surface area contributed by atoms with E-state index in [0.29, 0.717) is 5.56 Å². The van der Waals surface area contributed by atoms with E-state index in [1.54, 1.807) is 17.2 Å². The molecule has 2 aromatic carbocycles. The molecule has 0 spiro atoms. The number of aromatic nitrogens is 4. The van der Waals surface area contributed by atoms with Crippen molar-refractivity contribution >= 4 is 33.6 Å². The van der Waals surface area contributed by atoms with Crippen LogP contribution in [-0.2, 0) is 0 Å². The normalized spacial score (nSPS) is 11.8. The molecule has 0 saturated heterocycles. The van der Waals surface area contributed by atoms with Crippen molar-refractivity contribution in [2.45, 2.75) is 22.9 Å². The van der Waals surface area contributed by atoms with E-state index in [9.17, 15) is 4.79 Å². The average molecular weight is 480 g/mol. The topological polar surface area (TPSA) is 72.7 Å². The molecule has 6 nitrogen and oxygen atoms in total. The molecule has 1 amide bonds. The number of benzene rings is 2. The Balaban J connectivity index is 1.47. The van der Waals surface area contributed by atoms with Crippen LogP contribution in [0.2, 0.25) is 0 Å². The van der Waals surface area contributed by atoms with Crippen LogP contribution in [0.3, 0.4) is 0 Å². The largest absolute Gasteiger partial charge is 0.345 e. The van der Waals surface area contributed by atoms with Crippen molar-refractivity contribution in [2.24, 2.45) is 0 Å². The minimum Gasteiger partial charge on any atom is -0.345 e. The number of hydrogen-bond acceptors (Lipinski definition) is 5. The van der Waals surface area contributed by atoms with Gasteiger partial charge in [-0.2, -0.15) is 5.10 Å². The van der Waals surface area contributed by atoms with Gasteiger partial charge in [0.1, 0.15) is 17.7 Å². The minimum atomic E-state index is -0.147. The third kappa shape index (κ3) is 4.77. The quantitative estimate of drug-likeness (QED) is 0.417. The lowest BCUT2D eigenvalue weighted by molar-refractivity contribution is 0.0937. The van der Waals surface area contributed by atoms with Crippen LogP contribution in [0, 0.1) is 0 Å². The number of halogens is 1. The number of rotatable bonds is 6. The predicted molar refractivity (Wildman–Crippen MR) is 120 cm³/mol. The number of carbonyl (C=O) groups is 1. The zero-order valence-electron chi connectivity index (χ0n) is 16.1. The molecule has 4 rings (SSSR count). The molecule has 0 bridgehead atoms. The Morgan fingerprint density at radius 1 is 1.10 bits per heavy atom. The third-order valence-electron chi connectivity index (χ3n) is 4.47. The second-order valence-electron chi connectivity index (χ2n) is 6.54. The van der Waals surface area contributed by atoms with Gasteiger partial charge < -0.3 is 5.32 Å². The average Bonchev–Trinajstić information content (AvgIpc) is 3.31. The van der Waals surface area contributed by atoms with Gasteiger partial charge in [-0.25, -0.2) is 14.6 Å². The van der Waals surface area contributed by atoms with Crippen molar-refractivity contribution in [1.29, 1.82) is 0 Å². The Labute approximate surface area is 186 Å². The summed E-state index contributed by atoms with van der Waals surface area (Å²) in [5, 5.41) is 8.04. The van der Waals surface area contributed by atoms with E-state index < -0.39 is 0 Å². The Kier molecular flexibility index (Phi) is 6.25. The van der Waals surface area contributed by atoms with E-state index in [-0.39, 0.29) is 11.9 Å². The first-order valence-electron chi connectivity index (χ1n) is 9.24. The molecule has 0 aliphatic carbocycles. The molecule has 8 heteroatoms. The van der Waals surface area contributed by atoms with Gasteiger partial charge in [-0.3, -0.25) is 4.79 Å². The predicted octanol–water partition coefficient (Wildman–Crippen LogP) is 5.07. The van der Waals surface area contributed by atoms with Crippen LogP contribution in [0.25, 0.3) is 5.69 Å². The molecule has 0 saturated carbocycles. The summed E-state index contributed by atoms with van der Waals surface area (Å²) in [7, 11) is 0. The monoisotopic (exact) mass is 479 g/mol. The first-order valence-corrected chi connectivity index (χ1v) is 10.9. The fraction of sp³-hybridized carbons (Fsp3) is 0.0909. The number of nitrogens with zero attached hydrogens (tertiary/aromatic N) is 4. The molecular formula is C22H18BrN5OS. The summed E-state index contributed by atoms with van der Waals surface area (Å²) in [6, 6.07) is 19.1. The van der Waals surface area contributed by atoms with Gasteiger partial charge in [-0.05, 0) is 64.8 Å². The summed E-state index contributed by atoms with van der Waals surface area (Å²) < 4.78 is 2.61. The maximum atomic E-state index is 13.0. The highest BCUT2D eigenvalue weighted by atomic mass is 79.9. The zero-order chi connectivity index (χ0) is 20.9. The van der Waals surface area contributed by atoms with E-state index in [0.717, 1.165) is 25.6 Å². The van der Waals surface area contributed by atoms with Crippen molar-refractivity contribution in [3.05, 3.63) is 95.1 Å². The van der Waals surface area contributed by atoms with E-state index in [2.05, 4.69) is 36.3 Å². The Bertz CT molecular complexity index is 1130. The van der Waals surface area contributed by atoms with Crippen LogP contribution >= 0.6 is 27.7 Å². The minimum absolute atomic E-state index is 0.122. The van der Waals surface area contributed by atoms with Crippen molar-refractivity contribution < 1.29 is 4.79 Å². The van der Waals surface area contributed by atoms with Crippen LogP contribution < -0.4 is 5.32 Å². The third-order valence-corrected chi connectivity index (χ3v) is 5.97. The SMILES string of the molecule is CC(NC(=O)c1ccccc1Sc1ccc(Br)cn1)c1ccc(-n2cncn2)cc1. The Morgan fingerprint density at radius 2 is 1.90 bits per heavy atom. The van der Waals surface area contributed by atoms with Crippen LogP contribution in [0.1, 0.15) is 28.9 Å². The number of pyridine rings is 1. The molecule has 0 fully saturated rings. The fourth-order valence-corrected chi connectivity index (χ4v) is 4.01. The highest BCUT2D eigenvalue weighted by molar-refractivity contribution is 9.10. The van der Waals surface area contributed by atoms with Gasteiger partial charge in [0.05, 0.1) is 17.3 Å². The van der Waals surface area contributed by atoms with E-state index in [1.165, 1.54) is 18.1 Å². The van der Waals surface area contributed by atoms with E-state index in [4.69, 9.17) is 0 Å². The summed E-state index contributed by atoms with van der Waals surface area (Å²) in [5.74, 6) is -0.122. The number of amides is 1. The van der Waals surface area contributed by atoms with Crippen molar-refractivity contribution in [3.8, 4) is 5.69 Å². The van der Waals surface area contributed by atoms with Gasteiger partial charge in [0, 0.05) is 15.6 Å². The summed E-state index contributed by atoms with van der Waals surface area (Å²) in [4.78, 5) is 22.2. The van der Waals surface area contributed by atoms with E-state index >= 15 is 0 Å². The molecule has 2 aromatic heterocycles. The van der Waals surface area contributed by atoms with Crippen LogP contribution in [0.15, 0.2) is 93.9 Å². The van der Waals surface area contributed by atoms with Gasteiger partial charge >= 0.3 is 0 Å². The molecule has 0 aliphatic rings. The second kappa shape index (κ2) is 9.23. The highest BCUT2D eigenvalue weighted by Gasteiger charge is 2.16. The molecule has 4 aromatic rings. The molecule has 1 N–H and O–H groups in total. The van der Waals surface area contributed by atoms with Gasteiger partial charge in [0.15, 0.2) is 0 Å². The zero-order valence-corrected chi connectivity index (χ0v) is 18.5. The number of nitrogens with one attached hydrogen (secondary N) is 1. The van der Waals surface area contributed by atoms with Gasteiger partial charge in [0.25, 0.3) is 5.91 Å². The fourth-order valence-electron chi connectivity index (χ4n) is 2.89. The van der Waals surface area contributed by atoms with Crippen LogP contribution in [0.5, 0.6) is 0 Å².